The summed E-state index contributed by atoms with van der Waals surface area (Å²) in [6.45, 7) is 10.4. The van der Waals surface area contributed by atoms with Gasteiger partial charge in [0.1, 0.15) is 6.54 Å². The van der Waals surface area contributed by atoms with Crippen LogP contribution in [-0.2, 0) is 4.79 Å². The lowest BCUT2D eigenvalue weighted by atomic mass is 9.92. The number of nitrogens with zero attached hydrogens (tertiary/aromatic N) is 5. The third-order valence-corrected chi connectivity index (χ3v) is 5.68. The molecule has 2 saturated heterocycles. The number of likely N-dealkylation sites (tertiary alicyclic amines) is 1. The Kier molecular flexibility index (Phi) is 5.46. The molecule has 2 fully saturated rings. The lowest BCUT2D eigenvalue weighted by molar-refractivity contribution is -0.536. The standard InChI is InChI=1S/C19H32N5O2/c1-6-7-8-24-15(12-23-10-13(2)9-14(3)11-23)20-17-16(24)18(25)22(5)19(26)21(17)4/h13-14,16H,6-12H2,1-5H3/q+1. The second-order valence-electron chi connectivity index (χ2n) is 8.21. The summed E-state index contributed by atoms with van der Waals surface area (Å²) in [4.78, 5) is 35.1. The number of carbonyl (C=O) groups is 2. The van der Waals surface area contributed by atoms with Crippen molar-refractivity contribution >= 4 is 23.6 Å². The fourth-order valence-electron chi connectivity index (χ4n) is 4.48. The van der Waals surface area contributed by atoms with Crippen LogP contribution in [0.5, 0.6) is 0 Å². The van der Waals surface area contributed by atoms with Crippen molar-refractivity contribution in [2.75, 3.05) is 40.3 Å². The van der Waals surface area contributed by atoms with E-state index in [1.54, 1.807) is 14.1 Å². The fraction of sp³-hybridized carbons (Fsp3) is 0.789. The van der Waals surface area contributed by atoms with Crippen LogP contribution in [0.25, 0.3) is 0 Å². The SMILES string of the molecule is CCCC[N+]1=C(CN2CC(C)CC(C)C2)N=C2C1C(=O)N(C)C(=O)N2C. The van der Waals surface area contributed by atoms with Crippen molar-refractivity contribution in [3.8, 4) is 0 Å². The Hall–Kier alpha value is -1.76. The van der Waals surface area contributed by atoms with Crippen molar-refractivity contribution in [3.05, 3.63) is 0 Å². The van der Waals surface area contributed by atoms with E-state index in [4.69, 9.17) is 4.99 Å². The van der Waals surface area contributed by atoms with E-state index in [2.05, 4.69) is 30.2 Å². The lowest BCUT2D eigenvalue weighted by Gasteiger charge is -2.34. The highest BCUT2D eigenvalue weighted by Crippen LogP contribution is 2.23. The third kappa shape index (κ3) is 3.41. The van der Waals surface area contributed by atoms with Gasteiger partial charge in [-0.25, -0.2) is 9.37 Å². The summed E-state index contributed by atoms with van der Waals surface area (Å²) in [6.07, 6.45) is 3.33. The molecule has 3 unspecified atom stereocenters. The maximum absolute atomic E-state index is 12.8. The molecule has 0 aromatic heterocycles. The number of rotatable bonds is 5. The van der Waals surface area contributed by atoms with Gasteiger partial charge in [0.2, 0.25) is 0 Å². The molecule has 26 heavy (non-hydrogen) atoms. The maximum Gasteiger partial charge on any atom is 0.333 e. The molecular weight excluding hydrogens is 330 g/mol. The number of hydrogen-bond donors (Lipinski definition) is 0. The monoisotopic (exact) mass is 362 g/mol. The third-order valence-electron chi connectivity index (χ3n) is 5.68. The topological polar surface area (TPSA) is 59.2 Å². The Labute approximate surface area is 156 Å². The minimum absolute atomic E-state index is 0.168. The van der Waals surface area contributed by atoms with Crippen molar-refractivity contribution in [1.29, 1.82) is 0 Å². The Morgan fingerprint density at radius 3 is 2.38 bits per heavy atom. The molecule has 0 aromatic carbocycles. The van der Waals surface area contributed by atoms with E-state index in [0.717, 1.165) is 44.9 Å². The number of unbranched alkanes of at least 4 members (excludes halogenated alkanes) is 1. The summed E-state index contributed by atoms with van der Waals surface area (Å²) in [7, 11) is 3.27. The predicted octanol–water partition coefficient (Wildman–Crippen LogP) is 1.48. The largest absolute Gasteiger partial charge is 0.333 e. The van der Waals surface area contributed by atoms with Gasteiger partial charge in [0.05, 0.1) is 6.54 Å². The molecule has 0 bridgehead atoms. The molecule has 7 heteroatoms. The van der Waals surface area contributed by atoms with E-state index in [1.165, 1.54) is 16.2 Å². The van der Waals surface area contributed by atoms with Crippen molar-refractivity contribution in [2.24, 2.45) is 16.8 Å². The molecule has 3 amide bonds. The van der Waals surface area contributed by atoms with Crippen LogP contribution in [-0.4, -0.2) is 89.2 Å². The number of imide groups is 1. The number of likely N-dealkylation sites (N-methyl/N-ethyl adjacent to an activating group) is 2. The van der Waals surface area contributed by atoms with Crippen LogP contribution in [0.4, 0.5) is 4.79 Å². The van der Waals surface area contributed by atoms with Crippen molar-refractivity contribution in [1.82, 2.24) is 14.7 Å². The maximum atomic E-state index is 12.8. The number of amidine groups is 2. The van der Waals surface area contributed by atoms with Crippen LogP contribution in [0, 0.1) is 11.8 Å². The summed E-state index contributed by atoms with van der Waals surface area (Å²) in [5.74, 6) is 2.71. The predicted molar refractivity (Wildman–Crippen MR) is 102 cm³/mol. The van der Waals surface area contributed by atoms with Crippen LogP contribution >= 0.6 is 0 Å². The molecule has 0 spiro atoms. The normalized spacial score (nSPS) is 30.2. The highest BCUT2D eigenvalue weighted by Gasteiger charge is 2.52. The van der Waals surface area contributed by atoms with Crippen LogP contribution in [0.3, 0.4) is 0 Å². The summed E-state index contributed by atoms with van der Waals surface area (Å²) in [5.41, 5.74) is 0. The van der Waals surface area contributed by atoms with Gasteiger partial charge >= 0.3 is 11.9 Å². The molecular formula is C19H32N5O2+. The van der Waals surface area contributed by atoms with E-state index >= 15 is 0 Å². The van der Waals surface area contributed by atoms with Gasteiger partial charge in [-0.05, 0) is 29.7 Å². The van der Waals surface area contributed by atoms with Gasteiger partial charge in [-0.15, -0.1) is 0 Å². The van der Waals surface area contributed by atoms with Crippen LogP contribution in [0.15, 0.2) is 4.99 Å². The Bertz CT molecular complexity index is 646. The molecule has 0 N–H and O–H groups in total. The smallest absolute Gasteiger partial charge is 0.292 e. The second-order valence-corrected chi connectivity index (χ2v) is 8.21. The summed E-state index contributed by atoms with van der Waals surface area (Å²) >= 11 is 0. The number of aliphatic imine (C=N–C) groups is 1. The number of fused-ring (bicyclic) bond motifs is 1. The Balaban J connectivity index is 1.89. The number of urea groups is 1. The van der Waals surface area contributed by atoms with Gasteiger partial charge < -0.3 is 0 Å². The first-order chi connectivity index (χ1) is 12.3. The van der Waals surface area contributed by atoms with E-state index < -0.39 is 6.04 Å². The molecule has 0 radical (unpaired) electrons. The number of piperidine rings is 1. The van der Waals surface area contributed by atoms with E-state index in [-0.39, 0.29) is 11.9 Å². The summed E-state index contributed by atoms with van der Waals surface area (Å²) in [5, 5.41) is 0. The minimum atomic E-state index is -0.455. The van der Waals surface area contributed by atoms with Gasteiger partial charge in [-0.2, -0.15) is 0 Å². The fourth-order valence-corrected chi connectivity index (χ4v) is 4.48. The Morgan fingerprint density at radius 2 is 1.77 bits per heavy atom. The van der Waals surface area contributed by atoms with Gasteiger partial charge in [0.25, 0.3) is 17.8 Å². The lowest BCUT2D eigenvalue weighted by Crippen LogP contribution is -2.61. The van der Waals surface area contributed by atoms with Crippen LogP contribution < -0.4 is 0 Å². The average molecular weight is 362 g/mol. The highest BCUT2D eigenvalue weighted by atomic mass is 16.2. The molecule has 144 valence electrons. The van der Waals surface area contributed by atoms with Crippen LogP contribution in [0.1, 0.15) is 40.0 Å². The number of amides is 3. The second kappa shape index (κ2) is 7.47. The van der Waals surface area contributed by atoms with Crippen molar-refractivity contribution < 1.29 is 14.2 Å². The first-order valence-electron chi connectivity index (χ1n) is 9.82. The zero-order chi connectivity index (χ0) is 19.0. The van der Waals surface area contributed by atoms with Crippen LogP contribution in [0.2, 0.25) is 0 Å². The molecule has 3 heterocycles. The molecule has 0 aromatic rings. The molecule has 0 saturated carbocycles. The van der Waals surface area contributed by atoms with E-state index in [1.807, 2.05) is 0 Å². The number of carbonyl (C=O) groups excluding carboxylic acids is 2. The molecule has 3 atom stereocenters. The number of hydrogen-bond acceptors (Lipinski definition) is 4. The first kappa shape index (κ1) is 19.0. The molecule has 3 aliphatic rings. The molecule has 3 rings (SSSR count). The minimum Gasteiger partial charge on any atom is -0.292 e. The zero-order valence-corrected chi connectivity index (χ0v) is 16.7. The first-order valence-corrected chi connectivity index (χ1v) is 9.82. The van der Waals surface area contributed by atoms with Gasteiger partial charge in [0.15, 0.2) is 0 Å². The molecule has 3 aliphatic heterocycles. The molecule has 0 aliphatic carbocycles. The van der Waals surface area contributed by atoms with E-state index in [9.17, 15) is 9.59 Å². The van der Waals surface area contributed by atoms with Gasteiger partial charge in [0, 0.05) is 27.2 Å². The molecule has 7 nitrogen and oxygen atoms in total. The van der Waals surface area contributed by atoms with Crippen molar-refractivity contribution in [3.63, 3.8) is 0 Å². The van der Waals surface area contributed by atoms with Gasteiger partial charge in [-0.3, -0.25) is 19.5 Å². The zero-order valence-electron chi connectivity index (χ0n) is 16.7. The average Bonchev–Trinajstić information content (AvgIpc) is 2.93. The van der Waals surface area contributed by atoms with Gasteiger partial charge in [-0.1, -0.05) is 27.2 Å². The summed E-state index contributed by atoms with van der Waals surface area (Å²) < 4.78 is 2.13. The Morgan fingerprint density at radius 1 is 1.12 bits per heavy atom. The highest BCUT2D eigenvalue weighted by molar-refractivity contribution is 6.23. The van der Waals surface area contributed by atoms with Crippen molar-refractivity contribution in [2.45, 2.75) is 46.1 Å². The summed E-state index contributed by atoms with van der Waals surface area (Å²) in [6, 6.07) is -0.759. The van der Waals surface area contributed by atoms with E-state index in [0.29, 0.717) is 17.7 Å². The quantitative estimate of drug-likeness (QED) is 0.696.